The number of carbonyl (C=O) groups is 2. The lowest BCUT2D eigenvalue weighted by Gasteiger charge is -2.18. The van der Waals surface area contributed by atoms with Gasteiger partial charge in [-0.3, -0.25) is 9.59 Å². The highest BCUT2D eigenvalue weighted by atomic mass is 16.5. The topological polar surface area (TPSA) is 67.4 Å². The Morgan fingerprint density at radius 3 is 2.45 bits per heavy atom. The zero-order chi connectivity index (χ0) is 20.9. The maximum absolute atomic E-state index is 12.4. The summed E-state index contributed by atoms with van der Waals surface area (Å²) in [4.78, 5) is 24.5. The maximum atomic E-state index is 12.4. The number of anilines is 1. The third-order valence-corrected chi connectivity index (χ3v) is 4.46. The SMILES string of the molecule is CC(C)(C)C(=O)Nc1cccc(C(=O)NCCOc2cccc3ccccc23)c1. The zero-order valence-electron chi connectivity index (χ0n) is 17.0. The predicted octanol–water partition coefficient (Wildman–Crippen LogP) is 4.63. The largest absolute Gasteiger partial charge is 0.491 e. The Bertz CT molecular complexity index is 1020. The summed E-state index contributed by atoms with van der Waals surface area (Å²) in [6.07, 6.45) is 0. The summed E-state index contributed by atoms with van der Waals surface area (Å²) in [6, 6.07) is 20.8. The van der Waals surface area contributed by atoms with Gasteiger partial charge in [0.05, 0.1) is 6.54 Å². The Morgan fingerprint density at radius 1 is 0.931 bits per heavy atom. The third-order valence-electron chi connectivity index (χ3n) is 4.46. The molecule has 2 amide bonds. The van der Waals surface area contributed by atoms with E-state index in [0.717, 1.165) is 16.5 Å². The van der Waals surface area contributed by atoms with Gasteiger partial charge in [0.2, 0.25) is 5.91 Å². The number of hydrogen-bond donors (Lipinski definition) is 2. The van der Waals surface area contributed by atoms with Gasteiger partial charge >= 0.3 is 0 Å². The second-order valence-electron chi connectivity index (χ2n) is 7.87. The molecule has 0 saturated heterocycles. The van der Waals surface area contributed by atoms with E-state index < -0.39 is 5.41 Å². The van der Waals surface area contributed by atoms with Crippen LogP contribution in [0.2, 0.25) is 0 Å². The standard InChI is InChI=1S/C24H26N2O3/c1-24(2,3)23(28)26-19-11-6-10-18(16-19)22(27)25-14-15-29-21-13-7-9-17-8-4-5-12-20(17)21/h4-13,16H,14-15H2,1-3H3,(H,25,27)(H,26,28). The Hall–Kier alpha value is -3.34. The molecule has 2 N–H and O–H groups in total. The molecule has 0 saturated carbocycles. The van der Waals surface area contributed by atoms with Gasteiger partial charge < -0.3 is 15.4 Å². The van der Waals surface area contributed by atoms with Crippen LogP contribution in [0.15, 0.2) is 66.7 Å². The fraction of sp³-hybridized carbons (Fsp3) is 0.250. The predicted molar refractivity (Wildman–Crippen MR) is 116 cm³/mol. The molecule has 3 aromatic carbocycles. The van der Waals surface area contributed by atoms with Crippen LogP contribution in [-0.4, -0.2) is 25.0 Å². The van der Waals surface area contributed by atoms with E-state index in [4.69, 9.17) is 4.74 Å². The monoisotopic (exact) mass is 390 g/mol. The molecular formula is C24H26N2O3. The molecule has 0 radical (unpaired) electrons. The molecule has 3 aromatic rings. The van der Waals surface area contributed by atoms with E-state index >= 15 is 0 Å². The van der Waals surface area contributed by atoms with Gasteiger partial charge in [-0.2, -0.15) is 0 Å². The maximum Gasteiger partial charge on any atom is 0.251 e. The van der Waals surface area contributed by atoms with Crippen LogP contribution >= 0.6 is 0 Å². The molecule has 5 heteroatoms. The first-order valence-corrected chi connectivity index (χ1v) is 9.65. The van der Waals surface area contributed by atoms with E-state index in [9.17, 15) is 9.59 Å². The Morgan fingerprint density at radius 2 is 1.66 bits per heavy atom. The van der Waals surface area contributed by atoms with Crippen molar-refractivity contribution in [2.75, 3.05) is 18.5 Å². The van der Waals surface area contributed by atoms with Gasteiger partial charge in [-0.15, -0.1) is 0 Å². The van der Waals surface area contributed by atoms with E-state index in [1.807, 2.05) is 63.2 Å². The van der Waals surface area contributed by atoms with Crippen molar-refractivity contribution in [1.29, 1.82) is 0 Å². The minimum Gasteiger partial charge on any atom is -0.491 e. The molecular weight excluding hydrogens is 364 g/mol. The van der Waals surface area contributed by atoms with Gasteiger partial charge in [0.15, 0.2) is 0 Å². The second kappa shape index (κ2) is 8.78. The highest BCUT2D eigenvalue weighted by Crippen LogP contribution is 2.25. The molecule has 29 heavy (non-hydrogen) atoms. The summed E-state index contributed by atoms with van der Waals surface area (Å²) >= 11 is 0. The first-order chi connectivity index (χ1) is 13.8. The summed E-state index contributed by atoms with van der Waals surface area (Å²) in [5, 5.41) is 7.85. The van der Waals surface area contributed by atoms with E-state index in [2.05, 4.69) is 10.6 Å². The molecule has 0 aromatic heterocycles. The van der Waals surface area contributed by atoms with Crippen molar-refractivity contribution < 1.29 is 14.3 Å². The van der Waals surface area contributed by atoms with E-state index in [0.29, 0.717) is 24.4 Å². The first kappa shape index (κ1) is 20.4. The molecule has 0 unspecified atom stereocenters. The van der Waals surface area contributed by atoms with Gasteiger partial charge in [0, 0.05) is 22.1 Å². The van der Waals surface area contributed by atoms with Crippen molar-refractivity contribution in [3.63, 3.8) is 0 Å². The molecule has 0 aliphatic heterocycles. The van der Waals surface area contributed by atoms with Crippen LogP contribution in [-0.2, 0) is 4.79 Å². The van der Waals surface area contributed by atoms with Crippen molar-refractivity contribution >= 4 is 28.3 Å². The molecule has 0 heterocycles. The average Bonchev–Trinajstić information content (AvgIpc) is 2.70. The van der Waals surface area contributed by atoms with Crippen LogP contribution in [0, 0.1) is 5.41 Å². The van der Waals surface area contributed by atoms with Gasteiger partial charge in [-0.1, -0.05) is 63.2 Å². The van der Waals surface area contributed by atoms with E-state index in [1.165, 1.54) is 0 Å². The van der Waals surface area contributed by atoms with Crippen LogP contribution < -0.4 is 15.4 Å². The van der Waals surface area contributed by atoms with Gasteiger partial charge in [-0.25, -0.2) is 0 Å². The number of benzene rings is 3. The number of ether oxygens (including phenoxy) is 1. The van der Waals surface area contributed by atoms with Crippen molar-refractivity contribution in [2.24, 2.45) is 5.41 Å². The van der Waals surface area contributed by atoms with Gasteiger partial charge in [0.25, 0.3) is 5.91 Å². The molecule has 0 aliphatic carbocycles. The van der Waals surface area contributed by atoms with Crippen LogP contribution in [0.1, 0.15) is 31.1 Å². The lowest BCUT2D eigenvalue weighted by Crippen LogP contribution is -2.29. The lowest BCUT2D eigenvalue weighted by atomic mass is 9.95. The smallest absolute Gasteiger partial charge is 0.251 e. The van der Waals surface area contributed by atoms with Crippen molar-refractivity contribution in [3.05, 3.63) is 72.3 Å². The second-order valence-corrected chi connectivity index (χ2v) is 7.87. The number of fused-ring (bicyclic) bond motifs is 1. The number of carbonyl (C=O) groups excluding carboxylic acids is 2. The first-order valence-electron chi connectivity index (χ1n) is 9.65. The molecule has 0 bridgehead atoms. The molecule has 150 valence electrons. The minimum atomic E-state index is -0.503. The molecule has 0 aliphatic rings. The summed E-state index contributed by atoms with van der Waals surface area (Å²) in [5.74, 6) is 0.487. The number of nitrogens with one attached hydrogen (secondary N) is 2. The van der Waals surface area contributed by atoms with Crippen LogP contribution in [0.3, 0.4) is 0 Å². The summed E-state index contributed by atoms with van der Waals surface area (Å²) < 4.78 is 5.85. The Kier molecular flexibility index (Phi) is 6.17. The molecule has 3 rings (SSSR count). The Balaban J connectivity index is 1.54. The summed E-state index contributed by atoms with van der Waals surface area (Å²) in [6.45, 7) is 6.26. The van der Waals surface area contributed by atoms with Crippen molar-refractivity contribution in [1.82, 2.24) is 5.32 Å². The number of hydrogen-bond acceptors (Lipinski definition) is 3. The highest BCUT2D eigenvalue weighted by Gasteiger charge is 2.21. The minimum absolute atomic E-state index is 0.0986. The van der Waals surface area contributed by atoms with E-state index in [1.54, 1.807) is 24.3 Å². The average molecular weight is 390 g/mol. The summed E-state index contributed by atoms with van der Waals surface area (Å²) in [5.41, 5.74) is 0.587. The molecule has 0 fully saturated rings. The van der Waals surface area contributed by atoms with Gasteiger partial charge in [-0.05, 0) is 29.7 Å². The number of amides is 2. The van der Waals surface area contributed by atoms with Crippen LogP contribution in [0.5, 0.6) is 5.75 Å². The van der Waals surface area contributed by atoms with Crippen molar-refractivity contribution in [3.8, 4) is 5.75 Å². The van der Waals surface area contributed by atoms with E-state index in [-0.39, 0.29) is 11.8 Å². The zero-order valence-corrected chi connectivity index (χ0v) is 17.0. The molecule has 0 spiro atoms. The van der Waals surface area contributed by atoms with Crippen molar-refractivity contribution in [2.45, 2.75) is 20.8 Å². The third kappa shape index (κ3) is 5.35. The summed E-state index contributed by atoms with van der Waals surface area (Å²) in [7, 11) is 0. The van der Waals surface area contributed by atoms with Crippen LogP contribution in [0.25, 0.3) is 10.8 Å². The highest BCUT2D eigenvalue weighted by molar-refractivity contribution is 5.98. The fourth-order valence-electron chi connectivity index (χ4n) is 2.81. The normalized spacial score (nSPS) is 11.1. The lowest BCUT2D eigenvalue weighted by molar-refractivity contribution is -0.123. The van der Waals surface area contributed by atoms with Gasteiger partial charge in [0.1, 0.15) is 12.4 Å². The fourth-order valence-corrected chi connectivity index (χ4v) is 2.81. The quantitative estimate of drug-likeness (QED) is 0.603. The molecule has 5 nitrogen and oxygen atoms in total. The molecule has 0 atom stereocenters. The Labute approximate surface area is 171 Å². The van der Waals surface area contributed by atoms with Crippen LogP contribution in [0.4, 0.5) is 5.69 Å². The number of rotatable bonds is 6.